The van der Waals surface area contributed by atoms with Crippen molar-refractivity contribution >= 4 is 17.5 Å². The molecule has 0 fully saturated rings. The monoisotopic (exact) mass is 408 g/mol. The summed E-state index contributed by atoms with van der Waals surface area (Å²) < 4.78 is 39.5. The molecular weight excluding hydrogens is 393 g/mol. The van der Waals surface area contributed by atoms with E-state index in [9.17, 15) is 18.0 Å². The van der Waals surface area contributed by atoms with Crippen LogP contribution in [0, 0.1) is 6.92 Å². The number of hydrogen-bond donors (Lipinski definition) is 0. The topological polar surface area (TPSA) is 51.0 Å². The van der Waals surface area contributed by atoms with Gasteiger partial charge in [0.05, 0.1) is 11.3 Å². The molecule has 0 unspecified atom stereocenters. The predicted octanol–water partition coefficient (Wildman–Crippen LogP) is 4.52. The standard InChI is InChI=1S/C19H16ClF3N4O/c1-12-24-17(25-27(12)16-9-7-15(20)8-10-16)18(28)26(2)11-13-3-5-14(6-4-13)19(21,22)23/h3-10H,11H2,1-2H3. The first-order chi connectivity index (χ1) is 13.1. The SMILES string of the molecule is Cc1nc(C(=O)N(C)Cc2ccc(C(F)(F)F)cc2)nn1-c1ccc(Cl)cc1. The maximum Gasteiger partial charge on any atom is 0.416 e. The molecule has 146 valence electrons. The molecule has 3 aromatic rings. The molecule has 0 spiro atoms. The lowest BCUT2D eigenvalue weighted by atomic mass is 10.1. The van der Waals surface area contributed by atoms with Crippen LogP contribution >= 0.6 is 11.6 Å². The minimum absolute atomic E-state index is 0.00172. The molecule has 2 aromatic carbocycles. The van der Waals surface area contributed by atoms with E-state index in [4.69, 9.17) is 11.6 Å². The summed E-state index contributed by atoms with van der Waals surface area (Å²) in [4.78, 5) is 18.2. The molecule has 5 nitrogen and oxygen atoms in total. The third kappa shape index (κ3) is 4.33. The second kappa shape index (κ2) is 7.63. The van der Waals surface area contributed by atoms with Gasteiger partial charge >= 0.3 is 6.18 Å². The Morgan fingerprint density at radius 3 is 2.29 bits per heavy atom. The molecule has 1 aromatic heterocycles. The number of aryl methyl sites for hydroxylation is 1. The van der Waals surface area contributed by atoms with Gasteiger partial charge in [-0.3, -0.25) is 4.79 Å². The fraction of sp³-hybridized carbons (Fsp3) is 0.211. The first-order valence-electron chi connectivity index (χ1n) is 8.26. The lowest BCUT2D eigenvalue weighted by Gasteiger charge is -2.16. The van der Waals surface area contributed by atoms with Crippen LogP contribution in [0.2, 0.25) is 5.02 Å². The Morgan fingerprint density at radius 1 is 1.11 bits per heavy atom. The van der Waals surface area contributed by atoms with Gasteiger partial charge in [0.15, 0.2) is 0 Å². The summed E-state index contributed by atoms with van der Waals surface area (Å²) in [6, 6.07) is 11.6. The largest absolute Gasteiger partial charge is 0.416 e. The Labute approximate surface area is 164 Å². The third-order valence-corrected chi connectivity index (χ3v) is 4.33. The van der Waals surface area contributed by atoms with E-state index in [1.165, 1.54) is 21.7 Å². The number of alkyl halides is 3. The number of benzene rings is 2. The van der Waals surface area contributed by atoms with Crippen LogP contribution in [0.3, 0.4) is 0 Å². The van der Waals surface area contributed by atoms with Crippen LogP contribution in [0.4, 0.5) is 13.2 Å². The molecular formula is C19H16ClF3N4O. The molecule has 0 saturated carbocycles. The molecule has 0 bridgehead atoms. The minimum Gasteiger partial charge on any atom is -0.335 e. The average molecular weight is 409 g/mol. The maximum atomic E-state index is 12.6. The van der Waals surface area contributed by atoms with Gasteiger partial charge in [-0.05, 0) is 48.9 Å². The highest BCUT2D eigenvalue weighted by molar-refractivity contribution is 6.30. The van der Waals surface area contributed by atoms with Gasteiger partial charge in [0.2, 0.25) is 5.82 Å². The zero-order chi connectivity index (χ0) is 20.5. The number of hydrogen-bond acceptors (Lipinski definition) is 3. The molecule has 0 saturated heterocycles. The Hall–Kier alpha value is -2.87. The summed E-state index contributed by atoms with van der Waals surface area (Å²) >= 11 is 5.88. The van der Waals surface area contributed by atoms with Crippen molar-refractivity contribution in [3.8, 4) is 5.69 Å². The van der Waals surface area contributed by atoms with E-state index >= 15 is 0 Å². The van der Waals surface area contributed by atoms with Gasteiger partial charge < -0.3 is 4.90 Å². The molecule has 9 heteroatoms. The summed E-state index contributed by atoms with van der Waals surface area (Å²) in [6.07, 6.45) is -4.39. The van der Waals surface area contributed by atoms with Crippen LogP contribution in [0.5, 0.6) is 0 Å². The highest BCUT2D eigenvalue weighted by Gasteiger charge is 2.30. The Balaban J connectivity index is 1.75. The van der Waals surface area contributed by atoms with Gasteiger partial charge in [-0.1, -0.05) is 23.7 Å². The summed E-state index contributed by atoms with van der Waals surface area (Å²) in [5.74, 6) is 0.0891. The molecule has 0 aliphatic carbocycles. The number of rotatable bonds is 4. The highest BCUT2D eigenvalue weighted by Crippen LogP contribution is 2.29. The molecule has 0 atom stereocenters. The van der Waals surface area contributed by atoms with E-state index in [0.717, 1.165) is 12.1 Å². The molecule has 28 heavy (non-hydrogen) atoms. The van der Waals surface area contributed by atoms with Crippen LogP contribution in [0.25, 0.3) is 5.69 Å². The summed E-state index contributed by atoms with van der Waals surface area (Å²) in [5.41, 5.74) is 0.542. The smallest absolute Gasteiger partial charge is 0.335 e. The number of nitrogens with zero attached hydrogens (tertiary/aromatic N) is 4. The molecule has 0 aliphatic rings. The number of halogens is 4. The third-order valence-electron chi connectivity index (χ3n) is 4.08. The van der Waals surface area contributed by atoms with Crippen molar-refractivity contribution in [2.75, 3.05) is 7.05 Å². The summed E-state index contributed by atoms with van der Waals surface area (Å²) in [5, 5.41) is 4.82. The predicted molar refractivity (Wildman–Crippen MR) is 98.3 cm³/mol. The second-order valence-corrected chi connectivity index (χ2v) is 6.66. The lowest BCUT2D eigenvalue weighted by Crippen LogP contribution is -2.27. The number of carbonyl (C=O) groups excluding carboxylic acids is 1. The first kappa shape index (κ1) is 19.9. The van der Waals surface area contributed by atoms with Crippen LogP contribution in [0.1, 0.15) is 27.6 Å². The molecule has 0 radical (unpaired) electrons. The van der Waals surface area contributed by atoms with Gasteiger partial charge in [-0.25, -0.2) is 9.67 Å². The fourth-order valence-corrected chi connectivity index (χ4v) is 2.75. The molecule has 0 aliphatic heterocycles. The number of amides is 1. The number of aromatic nitrogens is 3. The average Bonchev–Trinajstić information content (AvgIpc) is 3.03. The van der Waals surface area contributed by atoms with Crippen molar-refractivity contribution in [3.05, 3.63) is 76.3 Å². The van der Waals surface area contributed by atoms with Crippen LogP contribution in [-0.4, -0.2) is 32.6 Å². The lowest BCUT2D eigenvalue weighted by molar-refractivity contribution is -0.137. The molecule has 0 N–H and O–H groups in total. The number of carbonyl (C=O) groups is 1. The van der Waals surface area contributed by atoms with Gasteiger partial charge in [0.1, 0.15) is 5.82 Å². The van der Waals surface area contributed by atoms with E-state index < -0.39 is 17.6 Å². The molecule has 1 amide bonds. The van der Waals surface area contributed by atoms with Crippen molar-refractivity contribution in [2.45, 2.75) is 19.6 Å². The van der Waals surface area contributed by atoms with Crippen LogP contribution in [0.15, 0.2) is 48.5 Å². The van der Waals surface area contributed by atoms with Crippen LogP contribution < -0.4 is 0 Å². The second-order valence-electron chi connectivity index (χ2n) is 6.23. The van der Waals surface area contributed by atoms with Crippen molar-refractivity contribution in [1.29, 1.82) is 0 Å². The minimum atomic E-state index is -4.39. The highest BCUT2D eigenvalue weighted by atomic mass is 35.5. The van der Waals surface area contributed by atoms with E-state index in [0.29, 0.717) is 22.1 Å². The molecule has 3 rings (SSSR count). The van der Waals surface area contributed by atoms with Gasteiger partial charge in [0.25, 0.3) is 5.91 Å². The van der Waals surface area contributed by atoms with Crippen molar-refractivity contribution in [3.63, 3.8) is 0 Å². The Morgan fingerprint density at radius 2 is 1.71 bits per heavy atom. The van der Waals surface area contributed by atoms with E-state index in [-0.39, 0.29) is 12.4 Å². The summed E-state index contributed by atoms with van der Waals surface area (Å²) in [7, 11) is 1.54. The van der Waals surface area contributed by atoms with Crippen molar-refractivity contribution in [1.82, 2.24) is 19.7 Å². The van der Waals surface area contributed by atoms with Crippen molar-refractivity contribution < 1.29 is 18.0 Å². The molecule has 1 heterocycles. The van der Waals surface area contributed by atoms with Gasteiger partial charge in [-0.2, -0.15) is 13.2 Å². The van der Waals surface area contributed by atoms with Crippen molar-refractivity contribution in [2.24, 2.45) is 0 Å². The van der Waals surface area contributed by atoms with E-state index in [1.807, 2.05) is 0 Å². The van der Waals surface area contributed by atoms with E-state index in [1.54, 1.807) is 38.2 Å². The Kier molecular flexibility index (Phi) is 5.42. The van der Waals surface area contributed by atoms with Crippen LogP contribution in [-0.2, 0) is 12.7 Å². The van der Waals surface area contributed by atoms with E-state index in [2.05, 4.69) is 10.1 Å². The van der Waals surface area contributed by atoms with Gasteiger partial charge in [-0.15, -0.1) is 5.10 Å². The Bertz CT molecular complexity index is 982. The zero-order valence-electron chi connectivity index (χ0n) is 15.0. The van der Waals surface area contributed by atoms with Gasteiger partial charge in [0, 0.05) is 18.6 Å². The zero-order valence-corrected chi connectivity index (χ0v) is 15.8. The quantitative estimate of drug-likeness (QED) is 0.637. The first-order valence-corrected chi connectivity index (χ1v) is 8.64. The summed E-state index contributed by atoms with van der Waals surface area (Å²) in [6.45, 7) is 1.85. The fourth-order valence-electron chi connectivity index (χ4n) is 2.62. The normalized spacial score (nSPS) is 11.5. The maximum absolute atomic E-state index is 12.6.